The fraction of sp³-hybridized carbons (Fsp3) is 0.545. The average molecular weight is 380 g/mol. The van der Waals surface area contributed by atoms with Crippen molar-refractivity contribution in [3.8, 4) is 0 Å². The lowest BCUT2D eigenvalue weighted by Crippen LogP contribution is -2.15. The molecule has 148 valence electrons. The molecule has 4 rings (SSSR count). The largest absolute Gasteiger partial charge is 0.332 e. The van der Waals surface area contributed by atoms with E-state index in [0.29, 0.717) is 30.5 Å². The van der Waals surface area contributed by atoms with Crippen molar-refractivity contribution in [1.29, 1.82) is 0 Å². The van der Waals surface area contributed by atoms with E-state index < -0.39 is 0 Å². The molecular weight excluding hydrogens is 350 g/mol. The van der Waals surface area contributed by atoms with E-state index in [-0.39, 0.29) is 6.04 Å². The van der Waals surface area contributed by atoms with Crippen molar-refractivity contribution >= 4 is 16.8 Å². The number of carbonyl (C=O) groups is 1. The standard InChI is InChI=1S/C22H29N5O/c1-4-17(15(2)3)14-26-9-8-18-12-23-21(25-22(18)26)10-16-11-24-27(13-16)19-6-5-7-20(19)28/h8-9,11-13,15,17,19H,4-7,10,14H2,1-3H3/t17-,19-/m1/s1. The molecule has 0 saturated heterocycles. The summed E-state index contributed by atoms with van der Waals surface area (Å²) < 4.78 is 4.08. The van der Waals surface area contributed by atoms with Crippen LogP contribution in [-0.4, -0.2) is 30.1 Å². The van der Waals surface area contributed by atoms with Crippen molar-refractivity contribution in [2.45, 2.75) is 65.5 Å². The number of hydrogen-bond donors (Lipinski definition) is 0. The zero-order valence-electron chi connectivity index (χ0n) is 17.0. The van der Waals surface area contributed by atoms with Crippen LogP contribution in [-0.2, 0) is 17.8 Å². The Morgan fingerprint density at radius 2 is 2.14 bits per heavy atom. The summed E-state index contributed by atoms with van der Waals surface area (Å²) >= 11 is 0. The van der Waals surface area contributed by atoms with Gasteiger partial charge in [-0.1, -0.05) is 27.2 Å². The highest BCUT2D eigenvalue weighted by molar-refractivity contribution is 5.84. The van der Waals surface area contributed by atoms with Gasteiger partial charge in [-0.25, -0.2) is 9.97 Å². The fourth-order valence-corrected chi connectivity index (χ4v) is 4.20. The van der Waals surface area contributed by atoms with E-state index in [1.54, 1.807) is 0 Å². The van der Waals surface area contributed by atoms with Crippen molar-refractivity contribution in [3.63, 3.8) is 0 Å². The highest BCUT2D eigenvalue weighted by Crippen LogP contribution is 2.26. The second-order valence-corrected chi connectivity index (χ2v) is 8.33. The molecule has 0 N–H and O–H groups in total. The van der Waals surface area contributed by atoms with E-state index in [2.05, 4.69) is 47.7 Å². The Morgan fingerprint density at radius 3 is 2.86 bits per heavy atom. The summed E-state index contributed by atoms with van der Waals surface area (Å²) in [4.78, 5) is 21.4. The van der Waals surface area contributed by atoms with Crippen LogP contribution in [0.2, 0.25) is 0 Å². The average Bonchev–Trinajstić information content (AvgIpc) is 3.39. The minimum absolute atomic E-state index is 0.0867. The first kappa shape index (κ1) is 18.8. The Morgan fingerprint density at radius 1 is 1.29 bits per heavy atom. The van der Waals surface area contributed by atoms with Crippen LogP contribution in [0.15, 0.2) is 30.9 Å². The Bertz CT molecular complexity index is 970. The number of nitrogens with zero attached hydrogens (tertiary/aromatic N) is 5. The molecule has 3 aromatic heterocycles. The van der Waals surface area contributed by atoms with E-state index in [1.807, 2.05) is 23.3 Å². The molecular formula is C22H29N5O. The number of aromatic nitrogens is 5. The molecule has 0 spiro atoms. The molecule has 6 heteroatoms. The van der Waals surface area contributed by atoms with E-state index in [9.17, 15) is 4.79 Å². The summed E-state index contributed by atoms with van der Waals surface area (Å²) in [7, 11) is 0. The molecule has 2 atom stereocenters. The van der Waals surface area contributed by atoms with Gasteiger partial charge in [0.15, 0.2) is 5.78 Å². The van der Waals surface area contributed by atoms with Gasteiger partial charge in [-0.05, 0) is 36.3 Å². The molecule has 1 fully saturated rings. The number of Topliss-reactive ketones (excluding diaryl/α,β-unsaturated/α-hetero) is 1. The van der Waals surface area contributed by atoms with Crippen molar-refractivity contribution in [2.75, 3.05) is 0 Å². The fourth-order valence-electron chi connectivity index (χ4n) is 4.20. The lowest BCUT2D eigenvalue weighted by molar-refractivity contribution is -0.120. The molecule has 0 bridgehead atoms. The van der Waals surface area contributed by atoms with Gasteiger partial charge >= 0.3 is 0 Å². The summed E-state index contributed by atoms with van der Waals surface area (Å²) in [5, 5.41) is 5.50. The predicted molar refractivity (Wildman–Crippen MR) is 109 cm³/mol. The van der Waals surface area contributed by atoms with Gasteiger partial charge in [0.25, 0.3) is 0 Å². The number of hydrogen-bond acceptors (Lipinski definition) is 4. The zero-order valence-corrected chi connectivity index (χ0v) is 17.0. The molecule has 6 nitrogen and oxygen atoms in total. The van der Waals surface area contributed by atoms with E-state index in [1.165, 1.54) is 0 Å². The molecule has 0 radical (unpaired) electrons. The van der Waals surface area contributed by atoms with Crippen LogP contribution in [0.5, 0.6) is 0 Å². The summed E-state index contributed by atoms with van der Waals surface area (Å²) in [6.07, 6.45) is 12.2. The van der Waals surface area contributed by atoms with Gasteiger partial charge in [0.2, 0.25) is 0 Å². The van der Waals surface area contributed by atoms with Crippen LogP contribution >= 0.6 is 0 Å². The monoisotopic (exact) mass is 379 g/mol. The molecule has 0 amide bonds. The molecule has 1 saturated carbocycles. The number of carbonyl (C=O) groups excluding carboxylic acids is 1. The molecule has 0 aromatic carbocycles. The minimum atomic E-state index is -0.0867. The quantitative estimate of drug-likeness (QED) is 0.617. The maximum absolute atomic E-state index is 12.0. The van der Waals surface area contributed by atoms with Gasteiger partial charge < -0.3 is 4.57 Å². The SMILES string of the molecule is CC[C@H](Cn1ccc2cnc(Cc3cnn([C@@H]4CCCC4=O)c3)nc21)C(C)C. The summed E-state index contributed by atoms with van der Waals surface area (Å²) in [6.45, 7) is 7.80. The summed E-state index contributed by atoms with van der Waals surface area (Å²) in [5.74, 6) is 2.37. The van der Waals surface area contributed by atoms with Crippen molar-refractivity contribution in [3.05, 3.63) is 42.2 Å². The van der Waals surface area contributed by atoms with E-state index in [4.69, 9.17) is 4.98 Å². The Hall–Kier alpha value is -2.50. The van der Waals surface area contributed by atoms with Gasteiger partial charge in [0.1, 0.15) is 17.5 Å². The lowest BCUT2D eigenvalue weighted by Gasteiger charge is -2.20. The Labute approximate surface area is 166 Å². The summed E-state index contributed by atoms with van der Waals surface area (Å²) in [5.41, 5.74) is 2.05. The topological polar surface area (TPSA) is 65.6 Å². The number of fused-ring (bicyclic) bond motifs is 1. The lowest BCUT2D eigenvalue weighted by atomic mass is 9.93. The third kappa shape index (κ3) is 3.73. The van der Waals surface area contributed by atoms with Gasteiger partial charge in [0.05, 0.1) is 6.20 Å². The normalized spacial score (nSPS) is 18.4. The summed E-state index contributed by atoms with van der Waals surface area (Å²) in [6, 6.07) is 2.01. The Balaban J connectivity index is 1.54. The molecule has 3 heterocycles. The zero-order chi connectivity index (χ0) is 19.7. The van der Waals surface area contributed by atoms with Crippen LogP contribution in [0.4, 0.5) is 0 Å². The first-order chi connectivity index (χ1) is 13.5. The molecule has 28 heavy (non-hydrogen) atoms. The smallest absolute Gasteiger partial charge is 0.157 e. The number of rotatable bonds is 7. The van der Waals surface area contributed by atoms with Crippen LogP contribution < -0.4 is 0 Å². The van der Waals surface area contributed by atoms with Gasteiger partial charge in [-0.3, -0.25) is 9.48 Å². The first-order valence-electron chi connectivity index (χ1n) is 10.4. The first-order valence-corrected chi connectivity index (χ1v) is 10.4. The van der Waals surface area contributed by atoms with Crippen LogP contribution in [0, 0.1) is 11.8 Å². The minimum Gasteiger partial charge on any atom is -0.332 e. The van der Waals surface area contributed by atoms with Gasteiger partial charge in [-0.15, -0.1) is 0 Å². The third-order valence-electron chi connectivity index (χ3n) is 6.06. The predicted octanol–water partition coefficient (Wildman–Crippen LogP) is 4.19. The van der Waals surface area contributed by atoms with E-state index >= 15 is 0 Å². The van der Waals surface area contributed by atoms with Gasteiger partial charge in [-0.2, -0.15) is 5.10 Å². The Kier molecular flexibility index (Phi) is 5.29. The molecule has 1 aliphatic carbocycles. The third-order valence-corrected chi connectivity index (χ3v) is 6.06. The van der Waals surface area contributed by atoms with Crippen molar-refractivity contribution in [2.24, 2.45) is 11.8 Å². The number of ketones is 1. The van der Waals surface area contributed by atoms with Crippen LogP contribution in [0.1, 0.15) is 63.9 Å². The maximum atomic E-state index is 12.0. The second-order valence-electron chi connectivity index (χ2n) is 8.33. The molecule has 1 aliphatic rings. The van der Waals surface area contributed by atoms with E-state index in [0.717, 1.165) is 48.2 Å². The highest BCUT2D eigenvalue weighted by atomic mass is 16.1. The second kappa shape index (κ2) is 7.86. The van der Waals surface area contributed by atoms with Crippen LogP contribution in [0.3, 0.4) is 0 Å². The molecule has 0 unspecified atom stereocenters. The van der Waals surface area contributed by atoms with Crippen molar-refractivity contribution in [1.82, 2.24) is 24.3 Å². The van der Waals surface area contributed by atoms with Crippen molar-refractivity contribution < 1.29 is 4.79 Å². The highest BCUT2D eigenvalue weighted by Gasteiger charge is 2.26. The molecule has 0 aliphatic heterocycles. The van der Waals surface area contributed by atoms with Crippen LogP contribution in [0.25, 0.3) is 11.0 Å². The maximum Gasteiger partial charge on any atom is 0.157 e. The van der Waals surface area contributed by atoms with Gasteiger partial charge in [0, 0.05) is 43.4 Å². The molecule has 3 aromatic rings.